The molecule has 14 heavy (non-hydrogen) atoms. The van der Waals surface area contributed by atoms with Gasteiger partial charge in [0.25, 0.3) is 0 Å². The average Bonchev–Trinajstić information content (AvgIpc) is 2.18. The lowest BCUT2D eigenvalue weighted by molar-refractivity contribution is 0.0692. The van der Waals surface area contributed by atoms with Gasteiger partial charge in [-0.2, -0.15) is 0 Å². The van der Waals surface area contributed by atoms with E-state index in [0.717, 1.165) is 0 Å². The predicted octanol–water partition coefficient (Wildman–Crippen LogP) is 0.916. The number of benzene rings is 1. The molecule has 1 aromatic rings. The molecule has 0 fully saturated rings. The molecule has 74 valence electrons. The van der Waals surface area contributed by atoms with E-state index in [-0.39, 0.29) is 29.9 Å². The zero-order valence-corrected chi connectivity index (χ0v) is 7.56. The number of carbonyl (C=O) groups excluding carboxylic acids is 1. The van der Waals surface area contributed by atoms with Gasteiger partial charge < -0.3 is 10.8 Å². The number of carboxylic acids is 1. The molecule has 0 saturated carbocycles. The first kappa shape index (κ1) is 10.4. The van der Waals surface area contributed by atoms with E-state index in [4.69, 9.17) is 10.8 Å². The molecule has 4 nitrogen and oxygen atoms in total. The van der Waals surface area contributed by atoms with Crippen molar-refractivity contribution in [3.8, 4) is 0 Å². The fourth-order valence-corrected chi connectivity index (χ4v) is 1.18. The van der Waals surface area contributed by atoms with Crippen molar-refractivity contribution in [1.29, 1.82) is 0 Å². The molecule has 0 spiro atoms. The number of hydrogen-bond donors (Lipinski definition) is 2. The lowest BCUT2D eigenvalue weighted by Crippen LogP contribution is -2.12. The van der Waals surface area contributed by atoms with Crippen molar-refractivity contribution in [3.05, 3.63) is 35.4 Å². The summed E-state index contributed by atoms with van der Waals surface area (Å²) in [5, 5.41) is 8.80. The Kier molecular flexibility index (Phi) is 3.36. The number of ketones is 1. The van der Waals surface area contributed by atoms with E-state index in [0.29, 0.717) is 0 Å². The van der Waals surface area contributed by atoms with Crippen molar-refractivity contribution < 1.29 is 14.7 Å². The molecular weight excluding hydrogens is 182 g/mol. The SMILES string of the molecule is NCCC(=O)c1ccccc1C(=O)O. The van der Waals surface area contributed by atoms with Crippen LogP contribution in [0.15, 0.2) is 24.3 Å². The van der Waals surface area contributed by atoms with Gasteiger partial charge in [0.2, 0.25) is 0 Å². The maximum absolute atomic E-state index is 11.4. The quantitative estimate of drug-likeness (QED) is 0.696. The molecule has 0 heterocycles. The Morgan fingerprint density at radius 1 is 1.21 bits per heavy atom. The lowest BCUT2D eigenvalue weighted by atomic mass is 10.0. The summed E-state index contributed by atoms with van der Waals surface area (Å²) in [4.78, 5) is 22.2. The number of Topliss-reactive ketones (excluding diaryl/α,β-unsaturated/α-hetero) is 1. The number of nitrogens with two attached hydrogens (primary N) is 1. The third-order valence-corrected chi connectivity index (χ3v) is 1.83. The van der Waals surface area contributed by atoms with Crippen molar-refractivity contribution >= 4 is 11.8 Å². The van der Waals surface area contributed by atoms with Crippen LogP contribution in [0, 0.1) is 0 Å². The minimum absolute atomic E-state index is 0.0333. The number of hydrogen-bond acceptors (Lipinski definition) is 3. The van der Waals surface area contributed by atoms with E-state index in [1.165, 1.54) is 12.1 Å². The molecule has 0 saturated heterocycles. The Hall–Kier alpha value is -1.68. The topological polar surface area (TPSA) is 80.4 Å². The summed E-state index contributed by atoms with van der Waals surface area (Å²) in [5.74, 6) is -1.32. The third kappa shape index (κ3) is 2.17. The first-order chi connectivity index (χ1) is 6.66. The molecule has 3 N–H and O–H groups in total. The molecular formula is C10H11NO3. The maximum Gasteiger partial charge on any atom is 0.336 e. The number of carbonyl (C=O) groups is 2. The summed E-state index contributed by atoms with van der Waals surface area (Å²) in [6, 6.07) is 6.13. The van der Waals surface area contributed by atoms with Crippen molar-refractivity contribution in [2.45, 2.75) is 6.42 Å². The summed E-state index contributed by atoms with van der Waals surface area (Å²) in [6.07, 6.45) is 0.171. The van der Waals surface area contributed by atoms with Crippen LogP contribution in [0.2, 0.25) is 0 Å². The van der Waals surface area contributed by atoms with Gasteiger partial charge in [0.05, 0.1) is 5.56 Å². The first-order valence-corrected chi connectivity index (χ1v) is 4.22. The van der Waals surface area contributed by atoms with Crippen LogP contribution in [0.3, 0.4) is 0 Å². The highest BCUT2D eigenvalue weighted by Gasteiger charge is 2.14. The van der Waals surface area contributed by atoms with E-state index in [1.54, 1.807) is 12.1 Å². The minimum Gasteiger partial charge on any atom is -0.478 e. The van der Waals surface area contributed by atoms with E-state index in [2.05, 4.69) is 0 Å². The second-order valence-corrected chi connectivity index (χ2v) is 2.81. The van der Waals surface area contributed by atoms with Crippen LogP contribution in [0.1, 0.15) is 27.1 Å². The van der Waals surface area contributed by atoms with Crippen LogP contribution >= 0.6 is 0 Å². The van der Waals surface area contributed by atoms with Crippen LogP contribution in [0.25, 0.3) is 0 Å². The van der Waals surface area contributed by atoms with Gasteiger partial charge in [-0.1, -0.05) is 18.2 Å². The Balaban J connectivity index is 3.07. The molecule has 1 rings (SSSR count). The first-order valence-electron chi connectivity index (χ1n) is 4.22. The zero-order valence-electron chi connectivity index (χ0n) is 7.56. The van der Waals surface area contributed by atoms with Crippen LogP contribution < -0.4 is 5.73 Å². The van der Waals surface area contributed by atoms with Gasteiger partial charge in [0.1, 0.15) is 0 Å². The number of aromatic carboxylic acids is 1. The summed E-state index contributed by atoms with van der Waals surface area (Å²) in [7, 11) is 0. The van der Waals surface area contributed by atoms with Crippen molar-refractivity contribution in [3.63, 3.8) is 0 Å². The van der Waals surface area contributed by atoms with Crippen molar-refractivity contribution in [2.24, 2.45) is 5.73 Å². The second kappa shape index (κ2) is 4.53. The normalized spacial score (nSPS) is 9.79. The highest BCUT2D eigenvalue weighted by molar-refractivity contribution is 6.05. The Morgan fingerprint density at radius 2 is 1.79 bits per heavy atom. The van der Waals surface area contributed by atoms with Gasteiger partial charge in [-0.25, -0.2) is 4.79 Å². The van der Waals surface area contributed by atoms with Gasteiger partial charge in [-0.15, -0.1) is 0 Å². The Bertz CT molecular complexity index is 360. The minimum atomic E-state index is -1.09. The van der Waals surface area contributed by atoms with Gasteiger partial charge in [0, 0.05) is 12.0 Å². The molecule has 0 aliphatic heterocycles. The van der Waals surface area contributed by atoms with Gasteiger partial charge in [-0.3, -0.25) is 4.79 Å². The molecule has 0 atom stereocenters. The van der Waals surface area contributed by atoms with Crippen molar-refractivity contribution in [2.75, 3.05) is 6.54 Å². The van der Waals surface area contributed by atoms with E-state index < -0.39 is 5.97 Å². The largest absolute Gasteiger partial charge is 0.478 e. The average molecular weight is 193 g/mol. The Labute approximate surface area is 81.3 Å². The summed E-state index contributed by atoms with van der Waals surface area (Å²) in [6.45, 7) is 0.229. The zero-order chi connectivity index (χ0) is 10.6. The molecule has 0 aliphatic rings. The van der Waals surface area contributed by atoms with Crippen LogP contribution in [0.5, 0.6) is 0 Å². The third-order valence-electron chi connectivity index (χ3n) is 1.83. The molecule has 0 bridgehead atoms. The van der Waals surface area contributed by atoms with Crippen LogP contribution in [-0.2, 0) is 0 Å². The van der Waals surface area contributed by atoms with Gasteiger partial charge >= 0.3 is 5.97 Å². The van der Waals surface area contributed by atoms with Crippen LogP contribution in [-0.4, -0.2) is 23.4 Å². The monoisotopic (exact) mass is 193 g/mol. The van der Waals surface area contributed by atoms with Gasteiger partial charge in [-0.05, 0) is 12.6 Å². The van der Waals surface area contributed by atoms with E-state index in [1.807, 2.05) is 0 Å². The fourth-order valence-electron chi connectivity index (χ4n) is 1.18. The number of rotatable bonds is 4. The van der Waals surface area contributed by atoms with Crippen molar-refractivity contribution in [1.82, 2.24) is 0 Å². The smallest absolute Gasteiger partial charge is 0.336 e. The molecule has 0 aromatic heterocycles. The Morgan fingerprint density at radius 3 is 2.29 bits per heavy atom. The second-order valence-electron chi connectivity index (χ2n) is 2.81. The molecule has 1 aromatic carbocycles. The predicted molar refractivity (Wildman–Crippen MR) is 51.4 cm³/mol. The summed E-state index contributed by atoms with van der Waals surface area (Å²) in [5.41, 5.74) is 5.49. The molecule has 4 heteroatoms. The maximum atomic E-state index is 11.4. The van der Waals surface area contributed by atoms with Gasteiger partial charge in [0.15, 0.2) is 5.78 Å². The van der Waals surface area contributed by atoms with E-state index in [9.17, 15) is 9.59 Å². The fraction of sp³-hybridized carbons (Fsp3) is 0.200. The summed E-state index contributed by atoms with van der Waals surface area (Å²) < 4.78 is 0. The highest BCUT2D eigenvalue weighted by Crippen LogP contribution is 2.10. The van der Waals surface area contributed by atoms with Crippen LogP contribution in [0.4, 0.5) is 0 Å². The molecule has 0 aliphatic carbocycles. The van der Waals surface area contributed by atoms with E-state index >= 15 is 0 Å². The molecule has 0 radical (unpaired) electrons. The number of carboxylic acid groups (broad SMARTS) is 1. The molecule has 0 amide bonds. The lowest BCUT2D eigenvalue weighted by Gasteiger charge is -2.03. The molecule has 0 unspecified atom stereocenters. The standard InChI is InChI=1S/C10H11NO3/c11-6-5-9(12)7-3-1-2-4-8(7)10(13)14/h1-4H,5-6,11H2,(H,13,14). The highest BCUT2D eigenvalue weighted by atomic mass is 16.4. The summed E-state index contributed by atoms with van der Waals surface area (Å²) >= 11 is 0.